The van der Waals surface area contributed by atoms with Crippen molar-refractivity contribution in [2.45, 2.75) is 62.7 Å². The molecule has 2 rings (SSSR count). The zero-order valence-electron chi connectivity index (χ0n) is 15.3. The van der Waals surface area contributed by atoms with Crippen LogP contribution in [0.25, 0.3) is 0 Å². The lowest BCUT2D eigenvalue weighted by Gasteiger charge is -2.43. The van der Waals surface area contributed by atoms with Gasteiger partial charge in [0.15, 0.2) is 34.7 Å². The van der Waals surface area contributed by atoms with E-state index < -0.39 is 45.7 Å². The number of rotatable bonds is 4. The maximum atomic E-state index is 13.8. The van der Waals surface area contributed by atoms with Crippen LogP contribution in [0.4, 0.5) is 22.0 Å². The van der Waals surface area contributed by atoms with E-state index in [-0.39, 0.29) is 10.7 Å². The van der Waals surface area contributed by atoms with Gasteiger partial charge in [0, 0.05) is 5.25 Å². The van der Waals surface area contributed by atoms with Crippen LogP contribution in [0.1, 0.15) is 47.0 Å². The van der Waals surface area contributed by atoms with E-state index in [1.54, 1.807) is 0 Å². The Balaban J connectivity index is 2.15. The highest BCUT2D eigenvalue weighted by atomic mass is 32.9. The van der Waals surface area contributed by atoms with E-state index in [1.807, 2.05) is 6.92 Å². The molecule has 0 aliphatic heterocycles. The van der Waals surface area contributed by atoms with Gasteiger partial charge in [-0.15, -0.1) is 0 Å². The number of hydrogen-bond donors (Lipinski definition) is 1. The smallest absolute Gasteiger partial charge is 0.202 e. The van der Waals surface area contributed by atoms with Crippen molar-refractivity contribution < 1.29 is 26.5 Å². The van der Waals surface area contributed by atoms with Gasteiger partial charge >= 0.3 is 6.13 Å². The van der Waals surface area contributed by atoms with Gasteiger partial charge in [-0.25, -0.2) is 22.0 Å². The van der Waals surface area contributed by atoms with E-state index in [2.05, 4.69) is 33.4 Å². The first-order valence-electron chi connectivity index (χ1n) is 8.31. The Morgan fingerprint density at radius 3 is 2.00 bits per heavy atom. The highest BCUT2D eigenvalue weighted by molar-refractivity contribution is 8.62. The van der Waals surface area contributed by atoms with E-state index in [1.165, 1.54) is 0 Å². The largest absolute Gasteiger partial charge is 0.420 e. The van der Waals surface area contributed by atoms with Gasteiger partial charge in [0.1, 0.15) is 10.5 Å². The van der Waals surface area contributed by atoms with Crippen LogP contribution >= 0.6 is 30.1 Å². The lowest BCUT2D eigenvalue weighted by molar-refractivity contribution is 0.0321. The van der Waals surface area contributed by atoms with Gasteiger partial charge in [-0.05, 0) is 37.5 Å². The van der Waals surface area contributed by atoms with Gasteiger partial charge in [0.05, 0.1) is 0 Å². The molecule has 1 saturated carbocycles. The van der Waals surface area contributed by atoms with Crippen molar-refractivity contribution >= 4 is 41.9 Å². The highest BCUT2D eigenvalue weighted by Gasteiger charge is 2.47. The molecule has 0 aromatic heterocycles. The summed E-state index contributed by atoms with van der Waals surface area (Å²) in [4.78, 5) is -1.00. The standard InChI is InChI=1S/C17H20F5OPS3/c1-16(2,3)8-5-6-17(4,9(25)7-8)23-24(26)27-15-13(21)11(19)10(18)12(20)14(15)22/h8-9H,5-7H2,1-4H3/p+1. The molecule has 0 amide bonds. The van der Waals surface area contributed by atoms with E-state index in [0.29, 0.717) is 23.7 Å². The van der Waals surface area contributed by atoms with Gasteiger partial charge < -0.3 is 0 Å². The highest BCUT2D eigenvalue weighted by Crippen LogP contribution is 2.54. The molecular formula is C17H21F5OPS3+. The van der Waals surface area contributed by atoms with Crippen LogP contribution in [0.2, 0.25) is 0 Å². The number of halogens is 5. The minimum Gasteiger partial charge on any atom is -0.202 e. The first-order valence-corrected chi connectivity index (χ1v) is 12.5. The molecule has 27 heavy (non-hydrogen) atoms. The van der Waals surface area contributed by atoms with Gasteiger partial charge in [0.2, 0.25) is 17.6 Å². The number of thiol groups is 1. The third kappa shape index (κ3) is 4.97. The van der Waals surface area contributed by atoms with E-state index >= 15 is 0 Å². The Labute approximate surface area is 171 Å². The molecule has 1 aromatic rings. The summed E-state index contributed by atoms with van der Waals surface area (Å²) in [6.07, 6.45) is 0.365. The van der Waals surface area contributed by atoms with E-state index in [9.17, 15) is 22.0 Å². The summed E-state index contributed by atoms with van der Waals surface area (Å²) in [6.45, 7) is 8.28. The molecule has 1 fully saturated rings. The monoisotopic (exact) mass is 463 g/mol. The van der Waals surface area contributed by atoms with Crippen LogP contribution in [-0.4, -0.2) is 10.9 Å². The van der Waals surface area contributed by atoms with Crippen LogP contribution in [0.3, 0.4) is 0 Å². The maximum absolute atomic E-state index is 13.8. The predicted molar refractivity (Wildman–Crippen MR) is 105 cm³/mol. The molecule has 0 bridgehead atoms. The first-order chi connectivity index (χ1) is 12.3. The average Bonchev–Trinajstić information content (AvgIpc) is 2.56. The SMILES string of the molecule is CC(C)(C)C1CCC(C)(O[P+](=S)Sc2c(F)c(F)c(F)c(F)c2F)C(S)C1. The topological polar surface area (TPSA) is 9.23 Å². The summed E-state index contributed by atoms with van der Waals surface area (Å²) >= 11 is 10.2. The minimum atomic E-state index is -2.19. The second-order valence-electron chi connectivity index (χ2n) is 7.97. The fourth-order valence-corrected chi connectivity index (χ4v) is 7.42. The van der Waals surface area contributed by atoms with Gasteiger partial charge in [-0.3, -0.25) is 0 Å². The zero-order chi connectivity index (χ0) is 20.7. The maximum Gasteiger partial charge on any atom is 0.420 e. The van der Waals surface area contributed by atoms with E-state index in [4.69, 9.17) is 16.3 Å². The molecule has 0 radical (unpaired) electrons. The quantitative estimate of drug-likeness (QED) is 0.167. The van der Waals surface area contributed by atoms with Crippen molar-refractivity contribution in [3.05, 3.63) is 29.1 Å². The Kier molecular flexibility index (Phi) is 7.28. The molecule has 1 aromatic carbocycles. The molecule has 1 aliphatic carbocycles. The Bertz CT molecular complexity index is 726. The summed E-state index contributed by atoms with van der Waals surface area (Å²) in [5.41, 5.74) is -0.611. The average molecular weight is 464 g/mol. The van der Waals surface area contributed by atoms with Crippen molar-refractivity contribution in [2.75, 3.05) is 0 Å². The second kappa shape index (κ2) is 8.42. The van der Waals surface area contributed by atoms with Gasteiger partial charge in [-0.2, -0.15) is 17.2 Å². The fraction of sp³-hybridized carbons (Fsp3) is 0.647. The van der Waals surface area contributed by atoms with Crippen molar-refractivity contribution in [1.29, 1.82) is 0 Å². The Morgan fingerprint density at radius 1 is 1.07 bits per heavy atom. The summed E-state index contributed by atoms with van der Waals surface area (Å²) in [7, 11) is 0. The molecule has 4 atom stereocenters. The molecular weight excluding hydrogens is 442 g/mol. The second-order valence-corrected chi connectivity index (χ2v) is 13.0. The lowest BCUT2D eigenvalue weighted by Crippen LogP contribution is -2.44. The van der Waals surface area contributed by atoms with Gasteiger partial charge in [-0.1, -0.05) is 20.8 Å². The molecule has 10 heteroatoms. The normalized spacial score (nSPS) is 27.0. The molecule has 152 valence electrons. The molecule has 0 heterocycles. The number of hydrogen-bond acceptors (Lipinski definition) is 4. The summed E-state index contributed by atoms with van der Waals surface area (Å²) < 4.78 is 73.4. The minimum absolute atomic E-state index is 0.116. The van der Waals surface area contributed by atoms with Crippen molar-refractivity contribution in [3.63, 3.8) is 0 Å². The molecule has 4 unspecified atom stereocenters. The van der Waals surface area contributed by atoms with Crippen LogP contribution in [-0.2, 0) is 16.3 Å². The summed E-state index contributed by atoms with van der Waals surface area (Å²) in [6, 6.07) is 0. The van der Waals surface area contributed by atoms with Crippen LogP contribution < -0.4 is 0 Å². The summed E-state index contributed by atoms with van der Waals surface area (Å²) in [5.74, 6) is -9.50. The third-order valence-corrected chi connectivity index (χ3v) is 9.17. The molecule has 0 spiro atoms. The molecule has 1 aliphatic rings. The zero-order valence-corrected chi connectivity index (χ0v) is 18.7. The first kappa shape index (κ1) is 23.3. The van der Waals surface area contributed by atoms with Gasteiger partial charge in [0.25, 0.3) is 0 Å². The molecule has 1 nitrogen and oxygen atoms in total. The van der Waals surface area contributed by atoms with Crippen molar-refractivity contribution in [2.24, 2.45) is 11.3 Å². The third-order valence-electron chi connectivity index (χ3n) is 5.05. The lowest BCUT2D eigenvalue weighted by atomic mass is 9.68. The van der Waals surface area contributed by atoms with Crippen molar-refractivity contribution in [1.82, 2.24) is 0 Å². The van der Waals surface area contributed by atoms with E-state index in [0.717, 1.165) is 12.8 Å². The number of benzene rings is 1. The predicted octanol–water partition coefficient (Wildman–Crippen LogP) is 7.17. The Morgan fingerprint density at radius 2 is 1.56 bits per heavy atom. The fourth-order valence-electron chi connectivity index (χ4n) is 3.09. The van der Waals surface area contributed by atoms with Crippen LogP contribution in [0.15, 0.2) is 4.90 Å². The summed E-state index contributed by atoms with van der Waals surface area (Å²) in [5, 5.41) is -0.152. The molecule has 0 N–H and O–H groups in total. The van der Waals surface area contributed by atoms with Crippen molar-refractivity contribution in [3.8, 4) is 0 Å². The van der Waals surface area contributed by atoms with Crippen LogP contribution in [0, 0.1) is 40.4 Å². The Hall–Kier alpha value is 0.0500. The molecule has 0 saturated heterocycles. The van der Waals surface area contributed by atoms with Crippen LogP contribution in [0.5, 0.6) is 0 Å².